The van der Waals surface area contributed by atoms with Crippen LogP contribution >= 0.6 is 0 Å². The zero-order valence-corrected chi connectivity index (χ0v) is 11.3. The van der Waals surface area contributed by atoms with E-state index in [9.17, 15) is 9.59 Å². The third kappa shape index (κ3) is 5.68. The number of amides is 1. The molecule has 3 N–H and O–H groups in total. The van der Waals surface area contributed by atoms with E-state index >= 15 is 0 Å². The number of carboxylic acid groups (broad SMARTS) is 1. The van der Waals surface area contributed by atoms with Crippen molar-refractivity contribution in [1.29, 1.82) is 0 Å². The lowest BCUT2D eigenvalue weighted by Gasteiger charge is -2.28. The van der Waals surface area contributed by atoms with Gasteiger partial charge in [-0.3, -0.25) is 4.79 Å². The van der Waals surface area contributed by atoms with Crippen molar-refractivity contribution in [3.05, 3.63) is 0 Å². The van der Waals surface area contributed by atoms with Gasteiger partial charge in [0.25, 0.3) is 0 Å². The smallest absolute Gasteiger partial charge is 0.326 e. The van der Waals surface area contributed by atoms with Gasteiger partial charge in [0.15, 0.2) is 0 Å². The second-order valence-corrected chi connectivity index (χ2v) is 5.35. The van der Waals surface area contributed by atoms with Gasteiger partial charge in [-0.15, -0.1) is 0 Å². The van der Waals surface area contributed by atoms with Crippen LogP contribution in [0.5, 0.6) is 0 Å². The average molecular weight is 244 g/mol. The molecule has 0 aliphatic heterocycles. The maximum Gasteiger partial charge on any atom is 0.326 e. The minimum atomic E-state index is -0.999. The summed E-state index contributed by atoms with van der Waals surface area (Å²) in [5.74, 6) is -1.46. The maximum absolute atomic E-state index is 11.8. The van der Waals surface area contributed by atoms with Crippen LogP contribution in [-0.4, -0.2) is 36.1 Å². The lowest BCUT2D eigenvalue weighted by molar-refractivity contribution is -0.145. The van der Waals surface area contributed by atoms with Gasteiger partial charge in [0.2, 0.25) is 5.91 Å². The van der Waals surface area contributed by atoms with Gasteiger partial charge in [-0.05, 0) is 12.0 Å². The van der Waals surface area contributed by atoms with Crippen LogP contribution in [0.25, 0.3) is 0 Å². The van der Waals surface area contributed by atoms with Crippen LogP contribution in [-0.2, 0) is 9.59 Å². The summed E-state index contributed by atoms with van der Waals surface area (Å²) in [6, 6.07) is -0.862. The number of nitrogens with one attached hydrogen (secondary N) is 2. The predicted octanol–water partition coefficient (Wildman–Crippen LogP) is 0.847. The molecule has 0 aromatic rings. The predicted molar refractivity (Wildman–Crippen MR) is 66.7 cm³/mol. The summed E-state index contributed by atoms with van der Waals surface area (Å²) in [5, 5.41) is 14.7. The van der Waals surface area contributed by atoms with E-state index in [2.05, 4.69) is 10.6 Å². The van der Waals surface area contributed by atoms with Gasteiger partial charge in [0.05, 0.1) is 0 Å². The molecule has 0 rings (SSSR count). The normalized spacial score (nSPS) is 15.1. The summed E-state index contributed by atoms with van der Waals surface area (Å²) in [4.78, 5) is 22.9. The number of hydrogen-bond acceptors (Lipinski definition) is 3. The van der Waals surface area contributed by atoms with Crippen molar-refractivity contribution in [2.75, 3.05) is 13.1 Å². The third-order valence-electron chi connectivity index (χ3n) is 2.55. The van der Waals surface area contributed by atoms with E-state index in [-0.39, 0.29) is 11.8 Å². The summed E-state index contributed by atoms with van der Waals surface area (Å²) in [7, 11) is 0. The van der Waals surface area contributed by atoms with Gasteiger partial charge in [-0.2, -0.15) is 0 Å². The Morgan fingerprint density at radius 3 is 2.18 bits per heavy atom. The average Bonchev–Trinajstić information content (AvgIpc) is 2.19. The lowest BCUT2D eigenvalue weighted by atomic mass is 9.86. The van der Waals surface area contributed by atoms with Crippen LogP contribution < -0.4 is 10.6 Å². The number of carbonyl (C=O) groups excluding carboxylic acids is 1. The zero-order chi connectivity index (χ0) is 13.6. The van der Waals surface area contributed by atoms with Crippen molar-refractivity contribution in [2.45, 2.75) is 40.7 Å². The Labute approximate surface area is 103 Å². The largest absolute Gasteiger partial charge is 0.480 e. The first-order chi connectivity index (χ1) is 7.70. The van der Waals surface area contributed by atoms with Crippen molar-refractivity contribution >= 4 is 11.9 Å². The molecular weight excluding hydrogens is 220 g/mol. The monoisotopic (exact) mass is 244 g/mol. The van der Waals surface area contributed by atoms with Gasteiger partial charge in [0.1, 0.15) is 6.04 Å². The van der Waals surface area contributed by atoms with Gasteiger partial charge in [0, 0.05) is 12.5 Å². The molecule has 0 bridgehead atoms. The molecule has 0 fully saturated rings. The van der Waals surface area contributed by atoms with Crippen LogP contribution in [0.2, 0.25) is 0 Å². The molecule has 2 atom stereocenters. The first-order valence-corrected chi connectivity index (χ1v) is 5.94. The molecule has 0 aliphatic rings. The maximum atomic E-state index is 11.8. The van der Waals surface area contributed by atoms with E-state index in [1.807, 2.05) is 6.92 Å². The minimum Gasteiger partial charge on any atom is -0.480 e. The molecule has 5 nitrogen and oxygen atoms in total. The summed E-state index contributed by atoms with van der Waals surface area (Å²) >= 11 is 0. The standard InChI is InChI=1S/C12H24N2O3/c1-6-13-7-8(2)10(15)14-9(11(16)17)12(3,4)5/h8-9,13H,6-7H2,1-5H3,(H,14,15)(H,16,17)/t8?,9-/m0/s1. The lowest BCUT2D eigenvalue weighted by Crippen LogP contribution is -2.51. The van der Waals surface area contributed by atoms with Crippen LogP contribution in [0.4, 0.5) is 0 Å². The molecule has 0 radical (unpaired) electrons. The highest BCUT2D eigenvalue weighted by Gasteiger charge is 2.33. The molecule has 0 saturated carbocycles. The number of rotatable bonds is 6. The summed E-state index contributed by atoms with van der Waals surface area (Å²) < 4.78 is 0. The second-order valence-electron chi connectivity index (χ2n) is 5.35. The zero-order valence-electron chi connectivity index (χ0n) is 11.3. The first-order valence-electron chi connectivity index (χ1n) is 5.94. The fraction of sp³-hybridized carbons (Fsp3) is 0.833. The summed E-state index contributed by atoms with van der Waals surface area (Å²) in [6.45, 7) is 10.5. The highest BCUT2D eigenvalue weighted by molar-refractivity contribution is 5.85. The van der Waals surface area contributed by atoms with E-state index in [1.165, 1.54) is 0 Å². The number of carbonyl (C=O) groups is 2. The van der Waals surface area contributed by atoms with E-state index in [0.717, 1.165) is 6.54 Å². The van der Waals surface area contributed by atoms with Crippen molar-refractivity contribution in [3.63, 3.8) is 0 Å². The number of carboxylic acids is 1. The molecule has 1 unspecified atom stereocenters. The van der Waals surface area contributed by atoms with E-state index < -0.39 is 17.4 Å². The van der Waals surface area contributed by atoms with E-state index in [1.54, 1.807) is 27.7 Å². The molecule has 1 amide bonds. The molecule has 0 aliphatic carbocycles. The molecule has 0 aromatic carbocycles. The Morgan fingerprint density at radius 2 is 1.82 bits per heavy atom. The molecule has 0 saturated heterocycles. The summed E-state index contributed by atoms with van der Waals surface area (Å²) in [5.41, 5.74) is -0.501. The molecule has 5 heteroatoms. The van der Waals surface area contributed by atoms with Gasteiger partial charge in [-0.1, -0.05) is 34.6 Å². The number of aliphatic carboxylic acids is 1. The molecule has 100 valence electrons. The highest BCUT2D eigenvalue weighted by Crippen LogP contribution is 2.19. The van der Waals surface area contributed by atoms with Crippen molar-refractivity contribution in [1.82, 2.24) is 10.6 Å². The quantitative estimate of drug-likeness (QED) is 0.647. The van der Waals surface area contributed by atoms with Crippen LogP contribution in [0, 0.1) is 11.3 Å². The molecular formula is C12H24N2O3. The fourth-order valence-corrected chi connectivity index (χ4v) is 1.39. The van der Waals surface area contributed by atoms with Crippen molar-refractivity contribution in [3.8, 4) is 0 Å². The minimum absolute atomic E-state index is 0.228. The Hall–Kier alpha value is -1.10. The Morgan fingerprint density at radius 1 is 1.29 bits per heavy atom. The van der Waals surface area contributed by atoms with E-state index in [4.69, 9.17) is 5.11 Å². The van der Waals surface area contributed by atoms with Crippen molar-refractivity contribution in [2.24, 2.45) is 11.3 Å². The SMILES string of the molecule is CCNCC(C)C(=O)N[C@@H](C(=O)O)C(C)(C)C. The highest BCUT2D eigenvalue weighted by atomic mass is 16.4. The molecule has 17 heavy (non-hydrogen) atoms. The van der Waals surface area contributed by atoms with E-state index in [0.29, 0.717) is 6.54 Å². The fourth-order valence-electron chi connectivity index (χ4n) is 1.39. The topological polar surface area (TPSA) is 78.4 Å². The Kier molecular flexibility index (Phi) is 6.16. The van der Waals surface area contributed by atoms with Crippen molar-refractivity contribution < 1.29 is 14.7 Å². The summed E-state index contributed by atoms with van der Waals surface area (Å²) in [6.07, 6.45) is 0. The Balaban J connectivity index is 4.47. The van der Waals surface area contributed by atoms with Gasteiger partial charge in [-0.25, -0.2) is 4.79 Å². The first kappa shape index (κ1) is 15.9. The molecule has 0 spiro atoms. The van der Waals surface area contributed by atoms with Crippen LogP contribution in [0.15, 0.2) is 0 Å². The van der Waals surface area contributed by atoms with Gasteiger partial charge >= 0.3 is 5.97 Å². The number of hydrogen-bond donors (Lipinski definition) is 3. The third-order valence-corrected chi connectivity index (χ3v) is 2.55. The molecule has 0 aromatic heterocycles. The van der Waals surface area contributed by atoms with Crippen LogP contribution in [0.3, 0.4) is 0 Å². The van der Waals surface area contributed by atoms with Gasteiger partial charge < -0.3 is 15.7 Å². The molecule has 0 heterocycles. The van der Waals surface area contributed by atoms with Crippen LogP contribution in [0.1, 0.15) is 34.6 Å². The Bertz CT molecular complexity index is 271. The second kappa shape index (κ2) is 6.59.